The van der Waals surface area contributed by atoms with Crippen molar-refractivity contribution in [2.75, 3.05) is 23.7 Å². The SMILES string of the molecule is CCC1CN(c2ccc(C(F)(F)F)cc2C#N)CCS1. The first-order valence-electron chi connectivity index (χ1n) is 6.43. The summed E-state index contributed by atoms with van der Waals surface area (Å²) in [6, 6.07) is 5.31. The predicted octanol–water partition coefficient (Wildman–Crippen LogP) is 3.91. The van der Waals surface area contributed by atoms with E-state index in [1.807, 2.05) is 22.7 Å². The molecule has 20 heavy (non-hydrogen) atoms. The van der Waals surface area contributed by atoms with Gasteiger partial charge in [-0.2, -0.15) is 30.2 Å². The molecule has 1 fully saturated rings. The van der Waals surface area contributed by atoms with Crippen molar-refractivity contribution >= 4 is 17.4 Å². The normalized spacial score (nSPS) is 19.8. The summed E-state index contributed by atoms with van der Waals surface area (Å²) in [4.78, 5) is 2.02. The topological polar surface area (TPSA) is 27.0 Å². The highest BCUT2D eigenvalue weighted by Crippen LogP contribution is 2.34. The summed E-state index contributed by atoms with van der Waals surface area (Å²) in [6.07, 6.45) is -3.39. The van der Waals surface area contributed by atoms with Crippen molar-refractivity contribution in [1.29, 1.82) is 5.26 Å². The number of halogens is 3. The fourth-order valence-electron chi connectivity index (χ4n) is 2.26. The lowest BCUT2D eigenvalue weighted by Crippen LogP contribution is -2.38. The van der Waals surface area contributed by atoms with Gasteiger partial charge >= 0.3 is 6.18 Å². The second kappa shape index (κ2) is 5.96. The van der Waals surface area contributed by atoms with E-state index in [-0.39, 0.29) is 5.56 Å². The third kappa shape index (κ3) is 3.21. The van der Waals surface area contributed by atoms with Crippen LogP contribution in [-0.4, -0.2) is 24.1 Å². The zero-order chi connectivity index (χ0) is 14.8. The van der Waals surface area contributed by atoms with E-state index in [4.69, 9.17) is 5.26 Å². The Morgan fingerprint density at radius 3 is 2.80 bits per heavy atom. The van der Waals surface area contributed by atoms with Gasteiger partial charge in [-0.05, 0) is 24.6 Å². The van der Waals surface area contributed by atoms with Gasteiger partial charge in [0.2, 0.25) is 0 Å². The zero-order valence-electron chi connectivity index (χ0n) is 11.1. The molecule has 0 N–H and O–H groups in total. The second-order valence-electron chi connectivity index (χ2n) is 4.69. The Morgan fingerprint density at radius 1 is 1.45 bits per heavy atom. The first-order chi connectivity index (χ1) is 9.45. The van der Waals surface area contributed by atoms with Crippen LogP contribution in [0.3, 0.4) is 0 Å². The molecule has 0 bridgehead atoms. The van der Waals surface area contributed by atoms with E-state index < -0.39 is 11.7 Å². The molecule has 0 aromatic heterocycles. The van der Waals surface area contributed by atoms with Crippen LogP contribution in [-0.2, 0) is 6.18 Å². The molecule has 1 aliphatic heterocycles. The van der Waals surface area contributed by atoms with E-state index in [0.717, 1.165) is 37.4 Å². The largest absolute Gasteiger partial charge is 0.416 e. The first kappa shape index (κ1) is 15.0. The highest BCUT2D eigenvalue weighted by molar-refractivity contribution is 8.00. The number of thioether (sulfide) groups is 1. The van der Waals surface area contributed by atoms with Gasteiger partial charge in [0.05, 0.1) is 16.8 Å². The monoisotopic (exact) mass is 300 g/mol. The maximum absolute atomic E-state index is 12.7. The molecule has 0 radical (unpaired) electrons. The number of hydrogen-bond donors (Lipinski definition) is 0. The molecule has 1 aliphatic rings. The fourth-order valence-corrected chi connectivity index (χ4v) is 3.44. The molecule has 1 aromatic rings. The summed E-state index contributed by atoms with van der Waals surface area (Å²) in [5.74, 6) is 0.935. The number of nitrogens with zero attached hydrogens (tertiary/aromatic N) is 2. The third-order valence-corrected chi connectivity index (χ3v) is 4.75. The lowest BCUT2D eigenvalue weighted by atomic mass is 10.1. The number of nitriles is 1. The highest BCUT2D eigenvalue weighted by Gasteiger charge is 2.31. The summed E-state index contributed by atoms with van der Waals surface area (Å²) < 4.78 is 38.0. The van der Waals surface area contributed by atoms with Crippen LogP contribution in [0.25, 0.3) is 0 Å². The molecule has 2 nitrogen and oxygen atoms in total. The Kier molecular flexibility index (Phi) is 4.48. The molecule has 6 heteroatoms. The van der Waals surface area contributed by atoms with E-state index in [1.165, 1.54) is 6.07 Å². The van der Waals surface area contributed by atoms with Crippen molar-refractivity contribution in [2.45, 2.75) is 24.8 Å². The molecular formula is C14H15F3N2S. The Hall–Kier alpha value is -1.35. The van der Waals surface area contributed by atoms with Crippen molar-refractivity contribution in [3.63, 3.8) is 0 Å². The van der Waals surface area contributed by atoms with Gasteiger partial charge in [-0.25, -0.2) is 0 Å². The van der Waals surface area contributed by atoms with Crippen LogP contribution >= 0.6 is 11.8 Å². The number of anilines is 1. The van der Waals surface area contributed by atoms with E-state index in [0.29, 0.717) is 10.9 Å². The van der Waals surface area contributed by atoms with E-state index in [2.05, 4.69) is 6.92 Å². The molecule has 108 valence electrons. The molecule has 1 unspecified atom stereocenters. The van der Waals surface area contributed by atoms with E-state index in [9.17, 15) is 13.2 Å². The molecule has 1 atom stereocenters. The van der Waals surface area contributed by atoms with Crippen molar-refractivity contribution in [1.82, 2.24) is 0 Å². The minimum Gasteiger partial charge on any atom is -0.369 e. The molecule has 0 spiro atoms. The van der Waals surface area contributed by atoms with E-state index >= 15 is 0 Å². The van der Waals surface area contributed by atoms with Crippen molar-refractivity contribution in [2.24, 2.45) is 0 Å². The van der Waals surface area contributed by atoms with Gasteiger partial charge in [0.1, 0.15) is 6.07 Å². The van der Waals surface area contributed by atoms with Crippen molar-refractivity contribution in [3.8, 4) is 6.07 Å². The van der Waals surface area contributed by atoms with Crippen LogP contribution in [0, 0.1) is 11.3 Å². The van der Waals surface area contributed by atoms with Gasteiger partial charge in [0.15, 0.2) is 0 Å². The van der Waals surface area contributed by atoms with Gasteiger partial charge in [-0.15, -0.1) is 0 Å². The molecule has 0 amide bonds. The summed E-state index contributed by atoms with van der Waals surface area (Å²) >= 11 is 1.88. The van der Waals surface area contributed by atoms with Gasteiger partial charge in [-0.3, -0.25) is 0 Å². The second-order valence-corrected chi connectivity index (χ2v) is 6.10. The first-order valence-corrected chi connectivity index (χ1v) is 7.48. The summed E-state index contributed by atoms with van der Waals surface area (Å²) in [5, 5.41) is 9.58. The predicted molar refractivity (Wildman–Crippen MR) is 74.9 cm³/mol. The molecule has 0 saturated carbocycles. The Labute approximate surface area is 120 Å². The minimum absolute atomic E-state index is 0.0987. The Bertz CT molecular complexity index is 522. The average molecular weight is 300 g/mol. The van der Waals surface area contributed by atoms with Gasteiger partial charge < -0.3 is 4.90 Å². The molecule has 1 heterocycles. The molecule has 2 rings (SSSR count). The quantitative estimate of drug-likeness (QED) is 0.828. The molecule has 1 saturated heterocycles. The molecule has 1 aromatic carbocycles. The highest BCUT2D eigenvalue weighted by atomic mass is 32.2. The van der Waals surface area contributed by atoms with E-state index in [1.54, 1.807) is 0 Å². The Balaban J connectivity index is 2.30. The minimum atomic E-state index is -4.41. The van der Waals surface area contributed by atoms with Crippen LogP contribution < -0.4 is 4.90 Å². The fraction of sp³-hybridized carbons (Fsp3) is 0.500. The maximum atomic E-state index is 12.7. The van der Waals surface area contributed by atoms with Crippen LogP contribution in [0.2, 0.25) is 0 Å². The number of benzene rings is 1. The third-order valence-electron chi connectivity index (χ3n) is 3.38. The van der Waals surface area contributed by atoms with Crippen molar-refractivity contribution in [3.05, 3.63) is 29.3 Å². The smallest absolute Gasteiger partial charge is 0.369 e. The van der Waals surface area contributed by atoms with Gasteiger partial charge in [0, 0.05) is 24.1 Å². The Morgan fingerprint density at radius 2 is 2.20 bits per heavy atom. The van der Waals surface area contributed by atoms with Crippen molar-refractivity contribution < 1.29 is 13.2 Å². The van der Waals surface area contributed by atoms with Crippen LogP contribution in [0.15, 0.2) is 18.2 Å². The maximum Gasteiger partial charge on any atom is 0.416 e. The molecule has 0 aliphatic carbocycles. The molecular weight excluding hydrogens is 285 g/mol. The number of hydrogen-bond acceptors (Lipinski definition) is 3. The standard InChI is InChI=1S/C14H15F3N2S/c1-2-12-9-19(5-6-20-12)13-4-3-11(14(15,16)17)7-10(13)8-18/h3-4,7,12H,2,5-6,9H2,1H3. The average Bonchev–Trinajstić information content (AvgIpc) is 2.45. The summed E-state index contributed by atoms with van der Waals surface area (Å²) in [7, 11) is 0. The lowest BCUT2D eigenvalue weighted by molar-refractivity contribution is -0.137. The number of alkyl halides is 3. The zero-order valence-corrected chi connectivity index (χ0v) is 11.9. The summed E-state index contributed by atoms with van der Waals surface area (Å²) in [5.41, 5.74) is -0.0583. The van der Waals surface area contributed by atoms with Crippen LogP contribution in [0.4, 0.5) is 18.9 Å². The van der Waals surface area contributed by atoms with Crippen LogP contribution in [0.5, 0.6) is 0 Å². The number of rotatable bonds is 2. The van der Waals surface area contributed by atoms with Crippen LogP contribution in [0.1, 0.15) is 24.5 Å². The lowest BCUT2D eigenvalue weighted by Gasteiger charge is -2.34. The van der Waals surface area contributed by atoms with Gasteiger partial charge in [-0.1, -0.05) is 6.92 Å². The summed E-state index contributed by atoms with van der Waals surface area (Å²) in [6.45, 7) is 3.64. The van der Waals surface area contributed by atoms with Gasteiger partial charge in [0.25, 0.3) is 0 Å².